The van der Waals surface area contributed by atoms with Gasteiger partial charge in [0.2, 0.25) is 0 Å². The van der Waals surface area contributed by atoms with Gasteiger partial charge in [0, 0.05) is 11.8 Å². The van der Waals surface area contributed by atoms with Gasteiger partial charge in [0.25, 0.3) is 0 Å². The zero-order chi connectivity index (χ0) is 35.0. The first kappa shape index (κ1) is 36.3. The smallest absolute Gasteiger partial charge is 0.323 e. The van der Waals surface area contributed by atoms with Crippen molar-refractivity contribution < 1.29 is 19.1 Å². The van der Waals surface area contributed by atoms with Crippen LogP contribution in [0.2, 0.25) is 0 Å². The molecular formula is C44H58N2O4. The van der Waals surface area contributed by atoms with Gasteiger partial charge in [-0.05, 0) is 118 Å². The van der Waals surface area contributed by atoms with Gasteiger partial charge in [0.05, 0.1) is 0 Å². The minimum absolute atomic E-state index is 0.181. The molecular weight excluding hydrogens is 620 g/mol. The summed E-state index contributed by atoms with van der Waals surface area (Å²) in [5, 5.41) is 0. The number of esters is 2. The maximum atomic E-state index is 13.0. The third kappa shape index (κ3) is 9.05. The Morgan fingerprint density at radius 3 is 1.68 bits per heavy atom. The fourth-order valence-electron chi connectivity index (χ4n) is 9.71. The number of carbonyl (C=O) groups excluding carboxylic acids is 2. The molecule has 50 heavy (non-hydrogen) atoms. The van der Waals surface area contributed by atoms with Gasteiger partial charge in [0.1, 0.15) is 24.3 Å². The topological polar surface area (TPSA) is 105 Å². The minimum Gasteiger partial charge on any atom is -0.461 e. The molecule has 6 nitrogen and oxygen atoms in total. The minimum atomic E-state index is -0.551. The Kier molecular flexibility index (Phi) is 12.5. The quantitative estimate of drug-likeness (QED) is 0.235. The molecule has 6 rings (SSSR count). The van der Waals surface area contributed by atoms with E-state index in [1.807, 2.05) is 13.0 Å². The summed E-state index contributed by atoms with van der Waals surface area (Å²) in [6, 6.07) is 29.7. The zero-order valence-corrected chi connectivity index (χ0v) is 30.1. The molecule has 1 saturated carbocycles. The molecule has 0 aromatic heterocycles. The molecule has 3 aromatic rings. The molecule has 2 saturated heterocycles. The normalized spacial score (nSPS) is 32.7. The first-order valence-electron chi connectivity index (χ1n) is 19.4. The Labute approximate surface area is 299 Å². The predicted octanol–water partition coefficient (Wildman–Crippen LogP) is 7.95. The number of rotatable bonds is 8. The SMILES string of the molecule is C[C@@H]1OC(=O)[C@@H](N)CCC[C@H](Cc2ccc(C3CCCC3[C@@H]3[C@@H](Cc4ccccc4)CCC[C@H](N)C(=O)O[C@H]3C)cc2)[C@H]1Cc1ccccc1. The molecule has 3 aliphatic rings. The third-order valence-corrected chi connectivity index (χ3v) is 12.3. The molecule has 4 N–H and O–H groups in total. The number of ether oxygens (including phenoxy) is 2. The summed E-state index contributed by atoms with van der Waals surface area (Å²) in [7, 11) is 0. The highest BCUT2D eigenvalue weighted by Gasteiger charge is 2.43. The Hall–Kier alpha value is -3.48. The highest BCUT2D eigenvalue weighted by atomic mass is 16.5. The monoisotopic (exact) mass is 678 g/mol. The van der Waals surface area contributed by atoms with Crippen LogP contribution in [-0.4, -0.2) is 36.2 Å². The van der Waals surface area contributed by atoms with Gasteiger partial charge in [-0.25, -0.2) is 0 Å². The summed E-state index contributed by atoms with van der Waals surface area (Å²) in [6.45, 7) is 4.17. The van der Waals surface area contributed by atoms with Crippen molar-refractivity contribution in [2.75, 3.05) is 0 Å². The van der Waals surface area contributed by atoms with Crippen LogP contribution < -0.4 is 11.5 Å². The van der Waals surface area contributed by atoms with E-state index in [2.05, 4.69) is 85.8 Å². The summed E-state index contributed by atoms with van der Waals surface area (Å²) in [5.74, 6) is 1.61. The molecule has 10 atom stereocenters. The lowest BCUT2D eigenvalue weighted by atomic mass is 9.69. The van der Waals surface area contributed by atoms with E-state index in [-0.39, 0.29) is 36.0 Å². The molecule has 2 aliphatic heterocycles. The molecule has 0 radical (unpaired) electrons. The van der Waals surface area contributed by atoms with E-state index >= 15 is 0 Å². The van der Waals surface area contributed by atoms with E-state index in [9.17, 15) is 9.59 Å². The van der Waals surface area contributed by atoms with Crippen molar-refractivity contribution >= 4 is 11.9 Å². The maximum absolute atomic E-state index is 13.0. The lowest BCUT2D eigenvalue weighted by molar-refractivity contribution is -0.155. The highest BCUT2D eigenvalue weighted by Crippen LogP contribution is 2.49. The molecule has 268 valence electrons. The summed E-state index contributed by atoms with van der Waals surface area (Å²) in [6.07, 6.45) is 11.2. The van der Waals surface area contributed by atoms with Crippen LogP contribution in [0, 0.1) is 29.6 Å². The summed E-state index contributed by atoms with van der Waals surface area (Å²) >= 11 is 0. The van der Waals surface area contributed by atoms with Crippen LogP contribution in [0.5, 0.6) is 0 Å². The Bertz CT molecular complexity index is 1510. The molecule has 1 aliphatic carbocycles. The molecule has 2 heterocycles. The van der Waals surface area contributed by atoms with Crippen molar-refractivity contribution in [1.29, 1.82) is 0 Å². The van der Waals surface area contributed by atoms with Gasteiger partial charge in [-0.1, -0.05) is 104 Å². The Morgan fingerprint density at radius 2 is 1.06 bits per heavy atom. The molecule has 3 fully saturated rings. The maximum Gasteiger partial charge on any atom is 0.323 e. The second kappa shape index (κ2) is 17.2. The third-order valence-electron chi connectivity index (χ3n) is 12.3. The number of benzene rings is 3. The average molecular weight is 679 g/mol. The first-order valence-corrected chi connectivity index (χ1v) is 19.4. The van der Waals surface area contributed by atoms with Crippen molar-refractivity contribution in [3.8, 4) is 0 Å². The van der Waals surface area contributed by atoms with Crippen LogP contribution in [0.25, 0.3) is 0 Å². The number of cyclic esters (lactones) is 2. The fourth-order valence-corrected chi connectivity index (χ4v) is 9.71. The summed E-state index contributed by atoms with van der Waals surface area (Å²) < 4.78 is 12.1. The Morgan fingerprint density at radius 1 is 0.560 bits per heavy atom. The van der Waals surface area contributed by atoms with Gasteiger partial charge in [0.15, 0.2) is 0 Å². The molecule has 3 aromatic carbocycles. The number of carbonyl (C=O) groups is 2. The standard InChI is InChI=1S/C44H58N2O4/c1-29-39(28-32-14-7-4-8-15-32)35(16-9-20-40(45)43(47)49-29)26-33-22-24-34(25-23-33)37-18-11-19-38(37)42-30(2)50-44(48)41(46)21-10-17-36(42)27-31-12-5-3-6-13-31/h3-8,12-15,22-25,29-30,35-42H,9-11,16-21,26-28,45-46H2,1-2H3/t29-,30-,35+,36+,37?,38?,39-,40-,41-,42-/m0/s1. The van der Waals surface area contributed by atoms with Crippen LogP contribution >= 0.6 is 0 Å². The number of hydrogen-bond acceptors (Lipinski definition) is 6. The van der Waals surface area contributed by atoms with Crippen molar-refractivity contribution in [2.24, 2.45) is 41.1 Å². The van der Waals surface area contributed by atoms with Crippen LogP contribution in [0.4, 0.5) is 0 Å². The summed E-state index contributed by atoms with van der Waals surface area (Å²) in [4.78, 5) is 25.7. The molecule has 6 heteroatoms. The van der Waals surface area contributed by atoms with E-state index in [0.717, 1.165) is 57.8 Å². The van der Waals surface area contributed by atoms with Crippen LogP contribution in [0.15, 0.2) is 84.9 Å². The molecule has 0 bridgehead atoms. The summed E-state index contributed by atoms with van der Waals surface area (Å²) in [5.41, 5.74) is 17.8. The largest absolute Gasteiger partial charge is 0.461 e. The molecule has 0 amide bonds. The average Bonchev–Trinajstić information content (AvgIpc) is 3.62. The molecule has 2 unspecified atom stereocenters. The second-order valence-corrected chi connectivity index (χ2v) is 15.6. The van der Waals surface area contributed by atoms with Gasteiger partial charge >= 0.3 is 11.9 Å². The Balaban J connectivity index is 1.23. The van der Waals surface area contributed by atoms with Gasteiger partial charge in [-0.2, -0.15) is 0 Å². The van der Waals surface area contributed by atoms with E-state index in [0.29, 0.717) is 36.5 Å². The van der Waals surface area contributed by atoms with Crippen LogP contribution in [-0.2, 0) is 38.3 Å². The predicted molar refractivity (Wildman–Crippen MR) is 199 cm³/mol. The van der Waals surface area contributed by atoms with Crippen molar-refractivity contribution in [3.63, 3.8) is 0 Å². The van der Waals surface area contributed by atoms with E-state index < -0.39 is 12.1 Å². The second-order valence-electron chi connectivity index (χ2n) is 15.6. The van der Waals surface area contributed by atoms with Crippen molar-refractivity contribution in [1.82, 2.24) is 0 Å². The molecule has 0 spiro atoms. The van der Waals surface area contributed by atoms with Crippen molar-refractivity contribution in [2.45, 2.75) is 121 Å². The van der Waals surface area contributed by atoms with E-state index in [4.69, 9.17) is 20.9 Å². The van der Waals surface area contributed by atoms with Crippen molar-refractivity contribution in [3.05, 3.63) is 107 Å². The van der Waals surface area contributed by atoms with Crippen LogP contribution in [0.1, 0.15) is 99.8 Å². The lowest BCUT2D eigenvalue weighted by Gasteiger charge is -2.38. The van der Waals surface area contributed by atoms with Gasteiger partial charge in [-0.15, -0.1) is 0 Å². The first-order chi connectivity index (χ1) is 24.3. The van der Waals surface area contributed by atoms with Gasteiger partial charge in [-0.3, -0.25) is 9.59 Å². The number of nitrogens with two attached hydrogens (primary N) is 2. The van der Waals surface area contributed by atoms with Crippen LogP contribution in [0.3, 0.4) is 0 Å². The highest BCUT2D eigenvalue weighted by molar-refractivity contribution is 5.76. The number of hydrogen-bond donors (Lipinski definition) is 2. The fraction of sp³-hybridized carbons (Fsp3) is 0.545. The van der Waals surface area contributed by atoms with E-state index in [1.54, 1.807) is 0 Å². The lowest BCUT2D eigenvalue weighted by Crippen LogP contribution is -2.40. The zero-order valence-electron chi connectivity index (χ0n) is 30.1. The van der Waals surface area contributed by atoms with E-state index in [1.165, 1.54) is 28.7 Å². The van der Waals surface area contributed by atoms with Gasteiger partial charge < -0.3 is 20.9 Å².